The standard InChI is InChI=1S/C16H19ClN4O2/c1-23-7-6-21-15-4-5-20(10-14(15)19-16(21)22)12-3-2-11(9-18)13(17)8-12/h2-3,8,14-15H,4-7,10H2,1H3,(H,19,22)/t14-,15+/m1/s1. The quantitative estimate of drug-likeness (QED) is 0.912. The third-order valence-corrected chi connectivity index (χ3v) is 4.83. The number of ether oxygens (including phenoxy) is 1. The number of hydrogen-bond acceptors (Lipinski definition) is 4. The number of benzene rings is 1. The number of fused-ring (bicyclic) bond motifs is 1. The summed E-state index contributed by atoms with van der Waals surface area (Å²) >= 11 is 6.12. The Bertz CT molecular complexity index is 645. The van der Waals surface area contributed by atoms with Crippen LogP contribution in [0.2, 0.25) is 5.02 Å². The molecule has 0 saturated carbocycles. The number of amides is 2. The summed E-state index contributed by atoms with van der Waals surface area (Å²) in [6.07, 6.45) is 0.894. The van der Waals surface area contributed by atoms with Crippen LogP contribution in [0.15, 0.2) is 18.2 Å². The van der Waals surface area contributed by atoms with Gasteiger partial charge in [0.25, 0.3) is 0 Å². The van der Waals surface area contributed by atoms with E-state index >= 15 is 0 Å². The molecule has 0 unspecified atom stereocenters. The van der Waals surface area contributed by atoms with Crippen LogP contribution in [0.4, 0.5) is 10.5 Å². The van der Waals surface area contributed by atoms with Crippen molar-refractivity contribution in [1.82, 2.24) is 10.2 Å². The van der Waals surface area contributed by atoms with E-state index in [4.69, 9.17) is 21.6 Å². The number of piperidine rings is 1. The first-order chi connectivity index (χ1) is 11.1. The number of nitrogens with one attached hydrogen (secondary N) is 1. The van der Waals surface area contributed by atoms with E-state index in [1.807, 2.05) is 17.0 Å². The van der Waals surface area contributed by atoms with Crippen LogP contribution in [0.25, 0.3) is 0 Å². The molecule has 0 radical (unpaired) electrons. The first-order valence-electron chi connectivity index (χ1n) is 7.64. The fourth-order valence-corrected chi connectivity index (χ4v) is 3.55. The Kier molecular flexibility index (Phi) is 4.60. The molecule has 0 aliphatic carbocycles. The van der Waals surface area contributed by atoms with Crippen molar-refractivity contribution in [2.45, 2.75) is 18.5 Å². The van der Waals surface area contributed by atoms with Crippen molar-refractivity contribution in [3.05, 3.63) is 28.8 Å². The number of nitriles is 1. The highest BCUT2D eigenvalue weighted by atomic mass is 35.5. The highest BCUT2D eigenvalue weighted by Crippen LogP contribution is 2.29. The lowest BCUT2D eigenvalue weighted by Gasteiger charge is -2.38. The Balaban J connectivity index is 1.71. The van der Waals surface area contributed by atoms with E-state index < -0.39 is 0 Å². The zero-order chi connectivity index (χ0) is 16.4. The number of methoxy groups -OCH3 is 1. The summed E-state index contributed by atoms with van der Waals surface area (Å²) in [5.74, 6) is 0. The first kappa shape index (κ1) is 15.9. The number of urea groups is 1. The average Bonchev–Trinajstić information content (AvgIpc) is 2.87. The van der Waals surface area contributed by atoms with Crippen LogP contribution in [0, 0.1) is 11.3 Å². The Morgan fingerprint density at radius 2 is 2.35 bits per heavy atom. The summed E-state index contributed by atoms with van der Waals surface area (Å²) in [7, 11) is 1.64. The van der Waals surface area contributed by atoms with E-state index in [9.17, 15) is 4.79 Å². The molecule has 2 atom stereocenters. The topological polar surface area (TPSA) is 68.6 Å². The lowest BCUT2D eigenvalue weighted by Crippen LogP contribution is -2.51. The van der Waals surface area contributed by atoms with Gasteiger partial charge in [-0.3, -0.25) is 0 Å². The monoisotopic (exact) mass is 334 g/mol. The van der Waals surface area contributed by atoms with Crippen LogP contribution < -0.4 is 10.2 Å². The van der Waals surface area contributed by atoms with E-state index in [2.05, 4.69) is 16.3 Å². The second-order valence-electron chi connectivity index (χ2n) is 5.82. The van der Waals surface area contributed by atoms with Crippen molar-refractivity contribution < 1.29 is 9.53 Å². The molecule has 6 nitrogen and oxygen atoms in total. The number of rotatable bonds is 4. The molecule has 0 aromatic heterocycles. The molecule has 0 bridgehead atoms. The molecule has 2 heterocycles. The lowest BCUT2D eigenvalue weighted by molar-refractivity contribution is 0.140. The van der Waals surface area contributed by atoms with Gasteiger partial charge in [0.1, 0.15) is 6.07 Å². The van der Waals surface area contributed by atoms with Crippen molar-refractivity contribution in [3.8, 4) is 6.07 Å². The molecule has 1 aromatic rings. The normalized spacial score (nSPS) is 23.4. The summed E-state index contributed by atoms with van der Waals surface area (Å²) in [5.41, 5.74) is 1.46. The molecule has 2 amide bonds. The van der Waals surface area contributed by atoms with Gasteiger partial charge in [0.05, 0.1) is 29.3 Å². The van der Waals surface area contributed by atoms with Gasteiger partial charge >= 0.3 is 6.03 Å². The fraction of sp³-hybridized carbons (Fsp3) is 0.500. The predicted molar refractivity (Wildman–Crippen MR) is 87.7 cm³/mol. The summed E-state index contributed by atoms with van der Waals surface area (Å²) in [5, 5.41) is 12.5. The Morgan fingerprint density at radius 3 is 3.04 bits per heavy atom. The van der Waals surface area contributed by atoms with Gasteiger partial charge in [0.15, 0.2) is 0 Å². The Morgan fingerprint density at radius 1 is 1.52 bits per heavy atom. The van der Waals surface area contributed by atoms with Gasteiger partial charge in [-0.25, -0.2) is 4.79 Å². The van der Waals surface area contributed by atoms with Gasteiger partial charge in [-0.05, 0) is 24.6 Å². The molecule has 2 aliphatic heterocycles. The highest BCUT2D eigenvalue weighted by Gasteiger charge is 2.42. The number of carbonyl (C=O) groups excluding carboxylic acids is 1. The SMILES string of the molecule is COCCN1C(=O)N[C@@H]2CN(c3ccc(C#N)c(Cl)c3)CC[C@@H]21. The maximum atomic E-state index is 12.1. The number of halogens is 1. The van der Waals surface area contributed by atoms with Crippen molar-refractivity contribution in [1.29, 1.82) is 5.26 Å². The van der Waals surface area contributed by atoms with E-state index in [-0.39, 0.29) is 18.1 Å². The molecule has 0 spiro atoms. The zero-order valence-electron chi connectivity index (χ0n) is 13.0. The van der Waals surface area contributed by atoms with Crippen molar-refractivity contribution in [3.63, 3.8) is 0 Å². The van der Waals surface area contributed by atoms with Gasteiger partial charge < -0.3 is 19.9 Å². The summed E-state index contributed by atoms with van der Waals surface area (Å²) in [6, 6.07) is 7.83. The third-order valence-electron chi connectivity index (χ3n) is 4.52. The largest absolute Gasteiger partial charge is 0.383 e. The molecule has 23 heavy (non-hydrogen) atoms. The van der Waals surface area contributed by atoms with Crippen LogP contribution in [-0.4, -0.2) is 56.4 Å². The second-order valence-corrected chi connectivity index (χ2v) is 6.23. The molecule has 3 rings (SSSR count). The molecule has 122 valence electrons. The number of anilines is 1. The molecule has 2 aliphatic rings. The van der Waals surface area contributed by atoms with Gasteiger partial charge in [-0.1, -0.05) is 11.6 Å². The predicted octanol–water partition coefficient (Wildman–Crippen LogP) is 1.83. The van der Waals surface area contributed by atoms with E-state index in [1.165, 1.54) is 0 Å². The summed E-state index contributed by atoms with van der Waals surface area (Å²) in [6.45, 7) is 2.75. The minimum Gasteiger partial charge on any atom is -0.383 e. The van der Waals surface area contributed by atoms with E-state index in [0.29, 0.717) is 23.7 Å². The zero-order valence-corrected chi connectivity index (χ0v) is 13.7. The molecule has 1 N–H and O–H groups in total. The minimum atomic E-state index is -0.0169. The van der Waals surface area contributed by atoms with Gasteiger partial charge in [0, 0.05) is 32.4 Å². The van der Waals surface area contributed by atoms with Gasteiger partial charge in [-0.2, -0.15) is 5.26 Å². The van der Waals surface area contributed by atoms with Crippen molar-refractivity contribution in [2.75, 3.05) is 38.3 Å². The maximum Gasteiger partial charge on any atom is 0.318 e. The lowest BCUT2D eigenvalue weighted by atomic mass is 9.99. The molecule has 7 heteroatoms. The van der Waals surface area contributed by atoms with E-state index in [1.54, 1.807) is 13.2 Å². The fourth-order valence-electron chi connectivity index (χ4n) is 3.33. The minimum absolute atomic E-state index is 0.0169. The molecule has 2 saturated heterocycles. The number of nitrogens with zero attached hydrogens (tertiary/aromatic N) is 3. The maximum absolute atomic E-state index is 12.1. The van der Waals surface area contributed by atoms with Crippen LogP contribution in [0.3, 0.4) is 0 Å². The van der Waals surface area contributed by atoms with E-state index in [0.717, 1.165) is 25.2 Å². The van der Waals surface area contributed by atoms with Crippen LogP contribution in [-0.2, 0) is 4.74 Å². The van der Waals surface area contributed by atoms with Crippen molar-refractivity contribution in [2.24, 2.45) is 0 Å². The number of hydrogen-bond donors (Lipinski definition) is 1. The van der Waals surface area contributed by atoms with Crippen LogP contribution in [0.5, 0.6) is 0 Å². The van der Waals surface area contributed by atoms with Gasteiger partial charge in [0.2, 0.25) is 0 Å². The summed E-state index contributed by atoms with van der Waals surface area (Å²) in [4.78, 5) is 16.2. The second kappa shape index (κ2) is 6.65. The molecular weight excluding hydrogens is 316 g/mol. The number of carbonyl (C=O) groups is 1. The average molecular weight is 335 g/mol. The van der Waals surface area contributed by atoms with Crippen LogP contribution in [0.1, 0.15) is 12.0 Å². The molecular formula is C16H19ClN4O2. The summed E-state index contributed by atoms with van der Waals surface area (Å²) < 4.78 is 5.08. The first-order valence-corrected chi connectivity index (χ1v) is 8.02. The smallest absolute Gasteiger partial charge is 0.318 e. The Hall–Kier alpha value is -1.97. The third kappa shape index (κ3) is 3.07. The van der Waals surface area contributed by atoms with Crippen molar-refractivity contribution >= 4 is 23.3 Å². The Labute approximate surface area is 140 Å². The molecule has 2 fully saturated rings. The van der Waals surface area contributed by atoms with Crippen LogP contribution >= 0.6 is 11.6 Å². The van der Waals surface area contributed by atoms with Gasteiger partial charge in [-0.15, -0.1) is 0 Å². The highest BCUT2D eigenvalue weighted by molar-refractivity contribution is 6.32. The molecule has 1 aromatic carbocycles.